The molecule has 264 valence electrons. The minimum Gasteiger partial charge on any atom is -0.394 e. The molecule has 4 aliphatic rings. The van der Waals surface area contributed by atoms with Crippen molar-refractivity contribution in [2.24, 2.45) is 0 Å². The van der Waals surface area contributed by atoms with Crippen LogP contribution in [0.4, 0.5) is 0 Å². The van der Waals surface area contributed by atoms with E-state index in [9.17, 15) is 71.5 Å². The van der Waals surface area contributed by atoms with Gasteiger partial charge in [0.25, 0.3) is 0 Å². The van der Waals surface area contributed by atoms with Crippen molar-refractivity contribution in [2.75, 3.05) is 26.4 Å². The predicted octanol–water partition coefficient (Wildman–Crippen LogP) is -9.75. The first-order valence-corrected chi connectivity index (χ1v) is 14.1. The molecule has 0 aromatic rings. The Hall–Kier alpha value is -0.840. The number of rotatable bonds is 10. The quantitative estimate of drug-likeness (QED) is 0.103. The molecular weight excluding hydrogens is 624 g/mol. The minimum absolute atomic E-state index is 0.791. The molecule has 20 unspecified atom stereocenters. The van der Waals surface area contributed by atoms with Crippen LogP contribution in [0, 0.1) is 0 Å². The Kier molecular flexibility index (Phi) is 12.8. The van der Waals surface area contributed by atoms with Crippen LogP contribution in [0.5, 0.6) is 0 Å². The van der Waals surface area contributed by atoms with Crippen LogP contribution in [0.25, 0.3) is 0 Å². The van der Waals surface area contributed by atoms with E-state index < -0.39 is 149 Å². The predicted molar refractivity (Wildman–Crippen MR) is 134 cm³/mol. The van der Waals surface area contributed by atoms with E-state index in [0.717, 1.165) is 0 Å². The molecule has 0 aliphatic carbocycles. The number of ether oxygens (including phenoxy) is 7. The Bertz CT molecular complexity index is 916. The minimum atomic E-state index is -2.03. The highest BCUT2D eigenvalue weighted by Crippen LogP contribution is 2.34. The molecule has 0 saturated carbocycles. The molecule has 0 aromatic heterocycles. The fourth-order valence-corrected chi connectivity index (χ4v) is 5.48. The Balaban J connectivity index is 1.61. The zero-order chi connectivity index (χ0) is 33.3. The second-order valence-corrected chi connectivity index (χ2v) is 11.1. The average molecular weight is 667 g/mol. The van der Waals surface area contributed by atoms with E-state index in [0.29, 0.717) is 0 Å². The number of hydrogen-bond donors (Lipinski definition) is 14. The molecule has 4 fully saturated rings. The molecule has 14 N–H and O–H groups in total. The second-order valence-electron chi connectivity index (χ2n) is 11.1. The molecular formula is C24H42O21. The van der Waals surface area contributed by atoms with E-state index in [-0.39, 0.29) is 0 Å². The average Bonchev–Trinajstić information content (AvgIpc) is 3.03. The number of hydrogen-bond acceptors (Lipinski definition) is 21. The first-order valence-electron chi connectivity index (χ1n) is 14.1. The number of aliphatic hydroxyl groups excluding tert-OH is 14. The van der Waals surface area contributed by atoms with Gasteiger partial charge in [-0.3, -0.25) is 0 Å². The van der Waals surface area contributed by atoms with Crippen LogP contribution in [-0.2, 0) is 33.2 Å². The molecule has 4 saturated heterocycles. The van der Waals surface area contributed by atoms with Crippen LogP contribution < -0.4 is 0 Å². The van der Waals surface area contributed by atoms with Crippen LogP contribution >= 0.6 is 0 Å². The van der Waals surface area contributed by atoms with Crippen molar-refractivity contribution >= 4 is 0 Å². The molecule has 4 aliphatic heterocycles. The molecule has 4 heterocycles. The van der Waals surface area contributed by atoms with E-state index >= 15 is 0 Å². The molecule has 0 bridgehead atoms. The molecule has 45 heavy (non-hydrogen) atoms. The fraction of sp³-hybridized carbons (Fsp3) is 1.00. The van der Waals surface area contributed by atoms with Gasteiger partial charge in [-0.25, -0.2) is 0 Å². The first kappa shape index (κ1) is 37.0. The van der Waals surface area contributed by atoms with Gasteiger partial charge in [-0.15, -0.1) is 0 Å². The summed E-state index contributed by atoms with van der Waals surface area (Å²) in [4.78, 5) is 0. The maximum absolute atomic E-state index is 11.0. The second kappa shape index (κ2) is 15.6. The van der Waals surface area contributed by atoms with Gasteiger partial charge in [0, 0.05) is 0 Å². The van der Waals surface area contributed by atoms with Crippen molar-refractivity contribution < 1.29 is 105 Å². The molecule has 21 heteroatoms. The van der Waals surface area contributed by atoms with Gasteiger partial charge in [0.05, 0.1) is 26.4 Å². The van der Waals surface area contributed by atoms with Crippen LogP contribution in [0.3, 0.4) is 0 Å². The molecule has 0 aromatic carbocycles. The topological polar surface area (TPSA) is 348 Å². The summed E-state index contributed by atoms with van der Waals surface area (Å²) in [6, 6.07) is 0. The molecule has 20 atom stereocenters. The summed E-state index contributed by atoms with van der Waals surface area (Å²) in [5.41, 5.74) is 0. The summed E-state index contributed by atoms with van der Waals surface area (Å²) in [6.45, 7) is -3.41. The van der Waals surface area contributed by atoms with Gasteiger partial charge in [0.1, 0.15) is 97.7 Å². The van der Waals surface area contributed by atoms with Gasteiger partial charge >= 0.3 is 0 Å². The van der Waals surface area contributed by atoms with E-state index in [4.69, 9.17) is 33.2 Å². The Morgan fingerprint density at radius 2 is 0.644 bits per heavy atom. The van der Waals surface area contributed by atoms with E-state index in [2.05, 4.69) is 0 Å². The van der Waals surface area contributed by atoms with Crippen molar-refractivity contribution in [1.29, 1.82) is 0 Å². The molecule has 21 nitrogen and oxygen atoms in total. The summed E-state index contributed by atoms with van der Waals surface area (Å²) in [6.07, 6.45) is -36.6. The molecule has 0 spiro atoms. The molecule has 0 radical (unpaired) electrons. The highest BCUT2D eigenvalue weighted by atomic mass is 16.8. The Morgan fingerprint density at radius 1 is 0.333 bits per heavy atom. The Labute approximate surface area is 254 Å². The van der Waals surface area contributed by atoms with E-state index in [1.807, 2.05) is 0 Å². The third-order valence-electron chi connectivity index (χ3n) is 8.21. The normalized spacial score (nSPS) is 52.9. The summed E-state index contributed by atoms with van der Waals surface area (Å²) in [5.74, 6) is 0. The summed E-state index contributed by atoms with van der Waals surface area (Å²) in [5, 5.41) is 143. The first-order chi connectivity index (χ1) is 21.3. The van der Waals surface area contributed by atoms with Crippen LogP contribution in [0.1, 0.15) is 0 Å². The zero-order valence-electron chi connectivity index (χ0n) is 23.5. The lowest BCUT2D eigenvalue weighted by Gasteiger charge is -2.49. The van der Waals surface area contributed by atoms with Crippen molar-refractivity contribution in [3.8, 4) is 0 Å². The monoisotopic (exact) mass is 666 g/mol. The highest BCUT2D eigenvalue weighted by Gasteiger charge is 2.55. The van der Waals surface area contributed by atoms with Crippen LogP contribution in [0.2, 0.25) is 0 Å². The third-order valence-corrected chi connectivity index (χ3v) is 8.21. The van der Waals surface area contributed by atoms with Gasteiger partial charge in [-0.1, -0.05) is 0 Å². The van der Waals surface area contributed by atoms with Gasteiger partial charge in [0.2, 0.25) is 0 Å². The van der Waals surface area contributed by atoms with Gasteiger partial charge in [0.15, 0.2) is 25.2 Å². The number of aliphatic hydroxyl groups is 14. The summed E-state index contributed by atoms with van der Waals surface area (Å²) in [7, 11) is 0. The smallest absolute Gasteiger partial charge is 0.187 e. The largest absolute Gasteiger partial charge is 0.394 e. The van der Waals surface area contributed by atoms with Gasteiger partial charge in [-0.05, 0) is 0 Å². The van der Waals surface area contributed by atoms with Crippen LogP contribution in [-0.4, -0.2) is 221 Å². The lowest BCUT2D eigenvalue weighted by Crippen LogP contribution is -2.68. The van der Waals surface area contributed by atoms with Gasteiger partial charge in [-0.2, -0.15) is 0 Å². The SMILES string of the molecule is OCC1OC(OC2C(OC3C(OC4C(O)OC(CO)C(O)C4O)OC(CO)C(O)C3O)OC(CO)C(O)C2O)C(O)C(O)C1O. The van der Waals surface area contributed by atoms with Crippen molar-refractivity contribution in [3.63, 3.8) is 0 Å². The lowest BCUT2D eigenvalue weighted by atomic mass is 9.96. The third kappa shape index (κ3) is 7.44. The standard InChI is InChI=1S/C24H42O21/c25-1-5-10(30)14(34)18(21(38)39-5)43-23-20(16(36)12(32)7(3-27)41-23)45-24-19(15(35)11(31)8(4-28)42-24)44-22-17(37)13(33)9(29)6(2-26)40-22/h5-38H,1-4H2. The lowest BCUT2D eigenvalue weighted by molar-refractivity contribution is -0.405. The maximum Gasteiger partial charge on any atom is 0.187 e. The van der Waals surface area contributed by atoms with Crippen molar-refractivity contribution in [3.05, 3.63) is 0 Å². The van der Waals surface area contributed by atoms with Gasteiger partial charge < -0.3 is 105 Å². The summed E-state index contributed by atoms with van der Waals surface area (Å²) >= 11 is 0. The Morgan fingerprint density at radius 3 is 1.07 bits per heavy atom. The van der Waals surface area contributed by atoms with Crippen molar-refractivity contribution in [1.82, 2.24) is 0 Å². The molecule has 4 rings (SSSR count). The van der Waals surface area contributed by atoms with E-state index in [1.54, 1.807) is 0 Å². The maximum atomic E-state index is 11.0. The van der Waals surface area contributed by atoms with Crippen LogP contribution in [0.15, 0.2) is 0 Å². The highest BCUT2D eigenvalue weighted by molar-refractivity contribution is 4.97. The fourth-order valence-electron chi connectivity index (χ4n) is 5.48. The van der Waals surface area contributed by atoms with E-state index in [1.165, 1.54) is 0 Å². The molecule has 0 amide bonds. The van der Waals surface area contributed by atoms with Crippen molar-refractivity contribution in [2.45, 2.75) is 123 Å². The zero-order valence-corrected chi connectivity index (χ0v) is 23.5. The summed E-state index contributed by atoms with van der Waals surface area (Å²) < 4.78 is 38.3.